The van der Waals surface area contributed by atoms with Crippen LogP contribution in [0, 0.1) is 5.92 Å². The summed E-state index contributed by atoms with van der Waals surface area (Å²) >= 11 is 0. The number of rotatable bonds is 5. The number of ether oxygens (including phenoxy) is 1. The maximum absolute atomic E-state index is 5.28. The average molecular weight is 363 g/mol. The lowest BCUT2D eigenvalue weighted by atomic mass is 9.76. The predicted molar refractivity (Wildman–Crippen MR) is 105 cm³/mol. The van der Waals surface area contributed by atoms with Gasteiger partial charge in [-0.15, -0.1) is 5.10 Å². The molecule has 1 aliphatic rings. The lowest BCUT2D eigenvalue weighted by Gasteiger charge is -2.39. The van der Waals surface area contributed by atoms with Gasteiger partial charge in [0.25, 0.3) is 0 Å². The number of tetrazole rings is 1. The van der Waals surface area contributed by atoms with E-state index in [1.165, 1.54) is 0 Å². The molecule has 1 N–H and O–H groups in total. The first-order valence-electron chi connectivity index (χ1n) is 9.47. The topological polar surface area (TPSA) is 64.9 Å². The van der Waals surface area contributed by atoms with E-state index in [1.807, 2.05) is 47.1 Å². The molecule has 0 unspecified atom stereocenters. The second-order valence-electron chi connectivity index (χ2n) is 7.37. The highest BCUT2D eigenvalue weighted by molar-refractivity contribution is 5.50. The molecule has 0 spiro atoms. The zero-order chi connectivity index (χ0) is 18.7. The van der Waals surface area contributed by atoms with E-state index in [9.17, 15) is 0 Å². The number of hydrogen-bond acceptors (Lipinski definition) is 5. The first-order valence-corrected chi connectivity index (χ1v) is 9.47. The van der Waals surface area contributed by atoms with Crippen molar-refractivity contribution in [1.29, 1.82) is 0 Å². The Labute approximate surface area is 159 Å². The largest absolute Gasteiger partial charge is 0.497 e. The number of methoxy groups -OCH3 is 1. The summed E-state index contributed by atoms with van der Waals surface area (Å²) in [5.74, 6) is 2.44. The van der Waals surface area contributed by atoms with Crippen LogP contribution in [0.4, 0.5) is 5.69 Å². The number of anilines is 1. The summed E-state index contributed by atoms with van der Waals surface area (Å²) in [5, 5.41) is 16.5. The summed E-state index contributed by atoms with van der Waals surface area (Å²) in [6.45, 7) is 2.32. The van der Waals surface area contributed by atoms with Gasteiger partial charge in [-0.25, -0.2) is 0 Å². The Hall–Kier alpha value is -2.89. The summed E-state index contributed by atoms with van der Waals surface area (Å²) in [6.07, 6.45) is 4.27. The molecule has 0 radical (unpaired) electrons. The van der Waals surface area contributed by atoms with Gasteiger partial charge in [0, 0.05) is 5.69 Å². The van der Waals surface area contributed by atoms with E-state index in [0.29, 0.717) is 0 Å². The molecule has 0 atom stereocenters. The average Bonchev–Trinajstić information content (AvgIpc) is 3.22. The maximum Gasteiger partial charge on any atom is 0.181 e. The van der Waals surface area contributed by atoms with Crippen LogP contribution in [0.1, 0.15) is 38.4 Å². The number of benzene rings is 2. The van der Waals surface area contributed by atoms with Crippen LogP contribution in [-0.2, 0) is 5.54 Å². The van der Waals surface area contributed by atoms with Crippen LogP contribution in [0.15, 0.2) is 54.6 Å². The van der Waals surface area contributed by atoms with E-state index in [0.717, 1.165) is 54.5 Å². The summed E-state index contributed by atoms with van der Waals surface area (Å²) in [5.41, 5.74) is 1.74. The van der Waals surface area contributed by atoms with E-state index in [1.54, 1.807) is 7.11 Å². The lowest BCUT2D eigenvalue weighted by Crippen LogP contribution is -2.41. The van der Waals surface area contributed by atoms with Crippen molar-refractivity contribution >= 4 is 5.69 Å². The molecular weight excluding hydrogens is 338 g/mol. The zero-order valence-electron chi connectivity index (χ0n) is 15.8. The summed E-state index contributed by atoms with van der Waals surface area (Å²) in [4.78, 5) is 0. The minimum atomic E-state index is -0.291. The molecule has 0 bridgehead atoms. The molecule has 140 valence electrons. The van der Waals surface area contributed by atoms with Crippen molar-refractivity contribution in [3.05, 3.63) is 60.4 Å². The SMILES string of the molecule is COc1ccc(NC2(c3nnnn3-c3ccccc3)CCC(C)CC2)cc1. The van der Waals surface area contributed by atoms with E-state index in [4.69, 9.17) is 4.74 Å². The van der Waals surface area contributed by atoms with Crippen molar-refractivity contribution in [2.75, 3.05) is 12.4 Å². The molecule has 1 aromatic heterocycles. The molecule has 0 aliphatic heterocycles. The molecule has 1 saturated carbocycles. The Morgan fingerprint density at radius 1 is 1.04 bits per heavy atom. The molecule has 1 heterocycles. The van der Waals surface area contributed by atoms with Crippen molar-refractivity contribution < 1.29 is 4.74 Å². The summed E-state index contributed by atoms with van der Waals surface area (Å²) in [6, 6.07) is 18.1. The third-order valence-corrected chi connectivity index (χ3v) is 5.50. The molecule has 3 aromatic rings. The van der Waals surface area contributed by atoms with Crippen LogP contribution in [0.3, 0.4) is 0 Å². The van der Waals surface area contributed by atoms with Gasteiger partial charge in [0.1, 0.15) is 5.75 Å². The zero-order valence-corrected chi connectivity index (χ0v) is 15.8. The van der Waals surface area contributed by atoms with Gasteiger partial charge in [0.15, 0.2) is 5.82 Å². The van der Waals surface area contributed by atoms with Gasteiger partial charge in [-0.2, -0.15) is 4.68 Å². The lowest BCUT2D eigenvalue weighted by molar-refractivity contribution is 0.255. The van der Waals surface area contributed by atoms with Gasteiger partial charge < -0.3 is 10.1 Å². The fourth-order valence-corrected chi connectivity index (χ4v) is 3.84. The monoisotopic (exact) mass is 363 g/mol. The Balaban J connectivity index is 1.72. The van der Waals surface area contributed by atoms with Gasteiger partial charge >= 0.3 is 0 Å². The minimum absolute atomic E-state index is 0.291. The quantitative estimate of drug-likeness (QED) is 0.736. The molecule has 4 rings (SSSR count). The van der Waals surface area contributed by atoms with E-state index >= 15 is 0 Å². The van der Waals surface area contributed by atoms with Crippen molar-refractivity contribution in [1.82, 2.24) is 20.2 Å². The van der Waals surface area contributed by atoms with Crippen LogP contribution in [0.5, 0.6) is 5.75 Å². The molecule has 0 saturated heterocycles. The Bertz CT molecular complexity index is 867. The van der Waals surface area contributed by atoms with Crippen LogP contribution < -0.4 is 10.1 Å². The number of aromatic nitrogens is 4. The first kappa shape index (κ1) is 17.5. The van der Waals surface area contributed by atoms with Gasteiger partial charge in [-0.1, -0.05) is 25.1 Å². The normalized spacial score (nSPS) is 22.4. The van der Waals surface area contributed by atoms with Crippen LogP contribution >= 0.6 is 0 Å². The van der Waals surface area contributed by atoms with Crippen LogP contribution in [0.25, 0.3) is 5.69 Å². The minimum Gasteiger partial charge on any atom is -0.497 e. The molecule has 1 fully saturated rings. The predicted octanol–water partition coefficient (Wildman–Crippen LogP) is 4.19. The third kappa shape index (κ3) is 3.52. The van der Waals surface area contributed by atoms with Gasteiger partial charge in [0.2, 0.25) is 0 Å². The van der Waals surface area contributed by atoms with Crippen molar-refractivity contribution in [2.45, 2.75) is 38.1 Å². The molecule has 27 heavy (non-hydrogen) atoms. The van der Waals surface area contributed by atoms with Crippen molar-refractivity contribution in [3.8, 4) is 11.4 Å². The Morgan fingerprint density at radius 3 is 2.41 bits per heavy atom. The van der Waals surface area contributed by atoms with E-state index < -0.39 is 0 Å². The maximum atomic E-state index is 5.28. The first-order chi connectivity index (χ1) is 13.2. The van der Waals surface area contributed by atoms with E-state index in [2.05, 4.69) is 39.9 Å². The highest BCUT2D eigenvalue weighted by Crippen LogP contribution is 2.41. The third-order valence-electron chi connectivity index (χ3n) is 5.50. The Kier molecular flexibility index (Phi) is 4.79. The molecular formula is C21H25N5O. The molecule has 1 aliphatic carbocycles. The number of nitrogens with one attached hydrogen (secondary N) is 1. The number of para-hydroxylation sites is 1. The van der Waals surface area contributed by atoms with Crippen LogP contribution in [-0.4, -0.2) is 27.3 Å². The second-order valence-corrected chi connectivity index (χ2v) is 7.37. The number of nitrogens with zero attached hydrogens (tertiary/aromatic N) is 4. The van der Waals surface area contributed by atoms with Gasteiger partial charge in [-0.05, 0) is 78.4 Å². The standard InChI is InChI=1S/C21H25N5O/c1-16-12-14-21(15-13-16,22-17-8-10-19(27-2)11-9-17)20-23-24-25-26(20)18-6-4-3-5-7-18/h3-11,16,22H,12-15H2,1-2H3. The fraction of sp³-hybridized carbons (Fsp3) is 0.381. The van der Waals surface area contributed by atoms with E-state index in [-0.39, 0.29) is 5.54 Å². The van der Waals surface area contributed by atoms with Crippen LogP contribution in [0.2, 0.25) is 0 Å². The summed E-state index contributed by atoms with van der Waals surface area (Å²) < 4.78 is 7.15. The fourth-order valence-electron chi connectivity index (χ4n) is 3.84. The smallest absolute Gasteiger partial charge is 0.181 e. The second kappa shape index (κ2) is 7.39. The molecule has 2 aromatic carbocycles. The molecule has 0 amide bonds. The highest BCUT2D eigenvalue weighted by atomic mass is 16.5. The number of hydrogen-bond donors (Lipinski definition) is 1. The summed E-state index contributed by atoms with van der Waals surface area (Å²) in [7, 11) is 1.68. The molecule has 6 nitrogen and oxygen atoms in total. The van der Waals surface area contributed by atoms with Crippen molar-refractivity contribution in [3.63, 3.8) is 0 Å². The van der Waals surface area contributed by atoms with Crippen molar-refractivity contribution in [2.24, 2.45) is 5.92 Å². The Morgan fingerprint density at radius 2 is 1.74 bits per heavy atom. The van der Waals surface area contributed by atoms with Gasteiger partial charge in [-0.3, -0.25) is 0 Å². The van der Waals surface area contributed by atoms with Gasteiger partial charge in [0.05, 0.1) is 18.3 Å². The molecule has 6 heteroatoms. The highest BCUT2D eigenvalue weighted by Gasteiger charge is 2.40.